The van der Waals surface area contributed by atoms with E-state index in [4.69, 9.17) is 23.2 Å². The summed E-state index contributed by atoms with van der Waals surface area (Å²) in [5.74, 6) is -0.768. The van der Waals surface area contributed by atoms with E-state index >= 15 is 0 Å². The van der Waals surface area contributed by atoms with Crippen LogP contribution in [0, 0.1) is 6.92 Å². The summed E-state index contributed by atoms with van der Waals surface area (Å²) in [6, 6.07) is 11.1. The summed E-state index contributed by atoms with van der Waals surface area (Å²) >= 11 is 12.1. The minimum atomic E-state index is -3.83. The van der Waals surface area contributed by atoms with Gasteiger partial charge in [0.2, 0.25) is 21.8 Å². The molecular weight excluding hydrogens is 509 g/mol. The summed E-state index contributed by atoms with van der Waals surface area (Å²) in [5.41, 5.74) is 1.74. The van der Waals surface area contributed by atoms with E-state index in [1.165, 1.54) is 11.0 Å². The van der Waals surface area contributed by atoms with Gasteiger partial charge in [0.25, 0.3) is 0 Å². The topological polar surface area (TPSA) is 86.8 Å². The summed E-state index contributed by atoms with van der Waals surface area (Å²) in [6.07, 6.45) is 3.15. The van der Waals surface area contributed by atoms with Gasteiger partial charge in [-0.1, -0.05) is 61.7 Å². The molecule has 0 aliphatic heterocycles. The third-order valence-corrected chi connectivity index (χ3v) is 7.21. The van der Waals surface area contributed by atoms with Crippen LogP contribution in [0.3, 0.4) is 0 Å². The van der Waals surface area contributed by atoms with Gasteiger partial charge in [-0.15, -0.1) is 0 Å². The fourth-order valence-electron chi connectivity index (χ4n) is 3.66. The number of rotatable bonds is 12. The molecule has 0 saturated carbocycles. The summed E-state index contributed by atoms with van der Waals surface area (Å²) in [5, 5.41) is 3.80. The zero-order chi connectivity index (χ0) is 26.2. The van der Waals surface area contributed by atoms with E-state index in [0.29, 0.717) is 34.3 Å². The lowest BCUT2D eigenvalue weighted by atomic mass is 10.1. The molecule has 0 heterocycles. The number of halogens is 2. The summed E-state index contributed by atoms with van der Waals surface area (Å²) in [4.78, 5) is 28.1. The SMILES string of the molecule is CCCCNC(=O)[C@@H](CC)N(Cc1ccc(Cl)cc1)C(=O)CN(c1cc(Cl)ccc1C)S(C)(=O)=O. The van der Waals surface area contributed by atoms with Crippen LogP contribution in [0.5, 0.6) is 0 Å². The predicted octanol–water partition coefficient (Wildman–Crippen LogP) is 4.79. The third-order valence-electron chi connectivity index (χ3n) is 5.60. The molecule has 1 N–H and O–H groups in total. The number of anilines is 1. The highest BCUT2D eigenvalue weighted by Gasteiger charge is 2.32. The summed E-state index contributed by atoms with van der Waals surface area (Å²) in [7, 11) is -3.83. The van der Waals surface area contributed by atoms with E-state index < -0.39 is 28.5 Å². The van der Waals surface area contributed by atoms with Crippen molar-refractivity contribution >= 4 is 50.7 Å². The van der Waals surface area contributed by atoms with E-state index in [-0.39, 0.29) is 12.5 Å². The molecule has 1 atom stereocenters. The number of unbranched alkanes of at least 4 members (excludes halogenated alkanes) is 1. The highest BCUT2D eigenvalue weighted by atomic mass is 35.5. The summed E-state index contributed by atoms with van der Waals surface area (Å²) < 4.78 is 26.5. The van der Waals surface area contributed by atoms with Gasteiger partial charge in [-0.3, -0.25) is 13.9 Å². The normalized spacial score (nSPS) is 12.2. The Hall–Kier alpha value is -2.29. The first-order valence-electron chi connectivity index (χ1n) is 11.5. The van der Waals surface area contributed by atoms with Crippen molar-refractivity contribution in [1.29, 1.82) is 0 Å². The van der Waals surface area contributed by atoms with Gasteiger partial charge in [-0.05, 0) is 55.2 Å². The van der Waals surface area contributed by atoms with Crippen molar-refractivity contribution in [1.82, 2.24) is 10.2 Å². The van der Waals surface area contributed by atoms with Crippen molar-refractivity contribution in [3.05, 3.63) is 63.6 Å². The Morgan fingerprint density at radius 2 is 1.66 bits per heavy atom. The average molecular weight is 543 g/mol. The number of hydrogen-bond donors (Lipinski definition) is 1. The Morgan fingerprint density at radius 3 is 2.23 bits per heavy atom. The number of carbonyl (C=O) groups is 2. The molecule has 0 unspecified atom stereocenters. The molecule has 0 radical (unpaired) electrons. The Balaban J connectivity index is 2.43. The van der Waals surface area contributed by atoms with E-state index in [2.05, 4.69) is 5.32 Å². The number of hydrogen-bond acceptors (Lipinski definition) is 4. The zero-order valence-corrected chi connectivity index (χ0v) is 22.9. The van der Waals surface area contributed by atoms with Gasteiger partial charge in [0.15, 0.2) is 0 Å². The van der Waals surface area contributed by atoms with Crippen LogP contribution in [-0.2, 0) is 26.2 Å². The maximum atomic E-state index is 13.7. The molecule has 0 aliphatic rings. The van der Waals surface area contributed by atoms with Gasteiger partial charge in [-0.25, -0.2) is 8.42 Å². The zero-order valence-electron chi connectivity index (χ0n) is 20.6. The standard InChI is InChI=1S/C25H33Cl2N3O4S/c1-5-7-14-28-25(32)22(6-2)29(16-19-9-12-20(26)13-10-19)24(31)17-30(35(4,33)34)23-15-21(27)11-8-18(23)3/h8-13,15,22H,5-7,14,16-17H2,1-4H3,(H,28,32)/t22-/m1/s1. The molecule has 0 fully saturated rings. The molecule has 2 aromatic rings. The van der Waals surface area contributed by atoms with Gasteiger partial charge in [0.1, 0.15) is 12.6 Å². The van der Waals surface area contributed by atoms with E-state index in [1.54, 1.807) is 43.3 Å². The molecule has 192 valence electrons. The maximum Gasteiger partial charge on any atom is 0.244 e. The van der Waals surface area contributed by atoms with Gasteiger partial charge in [0.05, 0.1) is 11.9 Å². The Bertz CT molecular complexity index is 1120. The monoisotopic (exact) mass is 541 g/mol. The highest BCUT2D eigenvalue weighted by Crippen LogP contribution is 2.27. The molecule has 0 saturated heterocycles. The van der Waals surface area contributed by atoms with E-state index in [0.717, 1.165) is 29.0 Å². The predicted molar refractivity (Wildman–Crippen MR) is 142 cm³/mol. The fraction of sp³-hybridized carbons (Fsp3) is 0.440. The molecule has 2 aromatic carbocycles. The van der Waals surface area contributed by atoms with E-state index in [9.17, 15) is 18.0 Å². The van der Waals surface area contributed by atoms with Crippen LogP contribution in [0.4, 0.5) is 5.69 Å². The molecule has 2 amide bonds. The molecule has 0 aliphatic carbocycles. The number of carbonyl (C=O) groups excluding carboxylic acids is 2. The lowest BCUT2D eigenvalue weighted by Gasteiger charge is -2.33. The molecule has 7 nitrogen and oxygen atoms in total. The first-order valence-corrected chi connectivity index (χ1v) is 14.1. The smallest absolute Gasteiger partial charge is 0.244 e. The van der Waals surface area contributed by atoms with Crippen LogP contribution >= 0.6 is 23.2 Å². The number of nitrogens with one attached hydrogen (secondary N) is 1. The second-order valence-electron chi connectivity index (χ2n) is 8.42. The second-order valence-corrected chi connectivity index (χ2v) is 11.2. The minimum Gasteiger partial charge on any atom is -0.354 e. The lowest BCUT2D eigenvalue weighted by molar-refractivity contribution is -0.140. The van der Waals surface area contributed by atoms with Gasteiger partial charge >= 0.3 is 0 Å². The number of nitrogens with zero attached hydrogens (tertiary/aromatic N) is 2. The minimum absolute atomic E-state index is 0.127. The van der Waals surface area contributed by atoms with Gasteiger partial charge < -0.3 is 10.2 Å². The van der Waals surface area contributed by atoms with Crippen LogP contribution in [0.25, 0.3) is 0 Å². The number of amides is 2. The van der Waals surface area contributed by atoms with Crippen molar-refractivity contribution in [3.63, 3.8) is 0 Å². The Labute approximate surface area is 218 Å². The molecule has 10 heteroatoms. The highest BCUT2D eigenvalue weighted by molar-refractivity contribution is 7.92. The van der Waals surface area contributed by atoms with Crippen molar-refractivity contribution < 1.29 is 18.0 Å². The molecule has 2 rings (SSSR count). The Morgan fingerprint density at radius 1 is 1.03 bits per heavy atom. The molecule has 0 aromatic heterocycles. The van der Waals surface area contributed by atoms with Crippen LogP contribution in [0.1, 0.15) is 44.2 Å². The van der Waals surface area contributed by atoms with Crippen molar-refractivity contribution in [2.75, 3.05) is 23.7 Å². The number of aryl methyl sites for hydroxylation is 1. The van der Waals surface area contributed by atoms with Crippen LogP contribution in [-0.4, -0.2) is 50.5 Å². The van der Waals surface area contributed by atoms with Crippen LogP contribution in [0.2, 0.25) is 10.0 Å². The molecular formula is C25H33Cl2N3O4S. The van der Waals surface area contributed by atoms with Crippen molar-refractivity contribution in [2.24, 2.45) is 0 Å². The quantitative estimate of drug-likeness (QED) is 0.391. The largest absolute Gasteiger partial charge is 0.354 e. The van der Waals surface area contributed by atoms with Crippen molar-refractivity contribution in [2.45, 2.75) is 52.6 Å². The second kappa shape index (κ2) is 13.1. The first kappa shape index (κ1) is 28.9. The average Bonchev–Trinajstić information content (AvgIpc) is 2.79. The number of sulfonamides is 1. The van der Waals surface area contributed by atoms with Crippen LogP contribution in [0.15, 0.2) is 42.5 Å². The van der Waals surface area contributed by atoms with E-state index in [1.807, 2.05) is 13.8 Å². The fourth-order valence-corrected chi connectivity index (χ4v) is 4.85. The molecule has 0 bridgehead atoms. The number of benzene rings is 2. The first-order chi connectivity index (χ1) is 16.5. The summed E-state index contributed by atoms with van der Waals surface area (Å²) in [6.45, 7) is 5.76. The van der Waals surface area contributed by atoms with Crippen LogP contribution < -0.4 is 9.62 Å². The van der Waals surface area contributed by atoms with Crippen molar-refractivity contribution in [3.8, 4) is 0 Å². The van der Waals surface area contributed by atoms with Gasteiger partial charge in [-0.2, -0.15) is 0 Å². The lowest BCUT2D eigenvalue weighted by Crippen LogP contribution is -2.52. The maximum absolute atomic E-state index is 13.7. The Kier molecular flexibility index (Phi) is 10.9. The molecule has 0 spiro atoms. The molecule has 35 heavy (non-hydrogen) atoms. The third kappa shape index (κ3) is 8.40. The van der Waals surface area contributed by atoms with Gasteiger partial charge in [0, 0.05) is 23.1 Å².